The van der Waals surface area contributed by atoms with Gasteiger partial charge in [-0.3, -0.25) is 20.6 Å². The quantitative estimate of drug-likeness (QED) is 0.695. The molecule has 0 aliphatic rings. The molecule has 23 heavy (non-hydrogen) atoms. The number of nitrogens with one attached hydrogen (secondary N) is 2. The number of carbonyl (C=O) groups is 1. The van der Waals surface area contributed by atoms with E-state index in [0.717, 1.165) is 16.3 Å². The molecule has 6 heteroatoms. The first kappa shape index (κ1) is 15.6. The molecule has 0 saturated carbocycles. The Morgan fingerprint density at radius 3 is 2.43 bits per heavy atom. The summed E-state index contributed by atoms with van der Waals surface area (Å²) in [6, 6.07) is 14.0. The zero-order chi connectivity index (χ0) is 16.2. The van der Waals surface area contributed by atoms with Gasteiger partial charge in [0.2, 0.25) is 5.91 Å². The van der Waals surface area contributed by atoms with E-state index >= 15 is 0 Å². The Hall–Kier alpha value is -2.30. The van der Waals surface area contributed by atoms with Crippen LogP contribution in [0.25, 0.3) is 10.8 Å². The molecule has 0 atom stereocenters. The molecule has 3 aromatic rings. The fourth-order valence-corrected chi connectivity index (χ4v) is 2.70. The summed E-state index contributed by atoms with van der Waals surface area (Å²) in [4.78, 5) is 15.9. The van der Waals surface area contributed by atoms with E-state index in [1.165, 1.54) is 12.4 Å². The van der Waals surface area contributed by atoms with Crippen molar-refractivity contribution in [2.75, 3.05) is 5.43 Å². The summed E-state index contributed by atoms with van der Waals surface area (Å²) >= 11 is 12.0. The molecule has 116 valence electrons. The van der Waals surface area contributed by atoms with E-state index in [4.69, 9.17) is 23.2 Å². The van der Waals surface area contributed by atoms with E-state index in [0.29, 0.717) is 15.7 Å². The molecule has 0 aliphatic heterocycles. The lowest BCUT2D eigenvalue weighted by Gasteiger charge is -2.11. The maximum absolute atomic E-state index is 12.1. The Bertz CT molecular complexity index is 847. The van der Waals surface area contributed by atoms with Crippen LogP contribution >= 0.6 is 23.2 Å². The molecule has 0 fully saturated rings. The van der Waals surface area contributed by atoms with Gasteiger partial charge in [-0.1, -0.05) is 65.7 Å². The maximum atomic E-state index is 12.1. The number of halogens is 2. The van der Waals surface area contributed by atoms with Gasteiger partial charge in [0.05, 0.1) is 22.2 Å². The molecule has 0 unspecified atom stereocenters. The molecule has 1 amide bonds. The lowest BCUT2D eigenvalue weighted by Crippen LogP contribution is -2.31. The minimum atomic E-state index is -0.191. The van der Waals surface area contributed by atoms with E-state index in [1.54, 1.807) is 0 Å². The minimum Gasteiger partial charge on any atom is -0.295 e. The number of amides is 1. The van der Waals surface area contributed by atoms with Crippen molar-refractivity contribution in [1.82, 2.24) is 10.4 Å². The Labute approximate surface area is 143 Å². The molecule has 2 aromatic carbocycles. The second-order valence-corrected chi connectivity index (χ2v) is 5.82. The standard InChI is InChI=1S/C17H13Cl2N3O/c18-14-9-20-10-15(19)17(14)22-21-16(23)8-11-5-6-12-3-1-2-4-13(12)7-11/h1-7,9-10H,8H2,(H,20,22)(H,21,23). The second-order valence-electron chi connectivity index (χ2n) is 5.01. The molecule has 0 spiro atoms. The molecule has 3 rings (SSSR count). The summed E-state index contributed by atoms with van der Waals surface area (Å²) in [5.74, 6) is -0.191. The summed E-state index contributed by atoms with van der Waals surface area (Å²) in [6.07, 6.45) is 3.15. The average molecular weight is 346 g/mol. The van der Waals surface area contributed by atoms with E-state index < -0.39 is 0 Å². The van der Waals surface area contributed by atoms with Gasteiger partial charge in [-0.25, -0.2) is 0 Å². The van der Waals surface area contributed by atoms with Crippen molar-refractivity contribution >= 4 is 45.6 Å². The average Bonchev–Trinajstić information content (AvgIpc) is 2.54. The summed E-state index contributed by atoms with van der Waals surface area (Å²) in [6.45, 7) is 0. The lowest BCUT2D eigenvalue weighted by atomic mass is 10.1. The largest absolute Gasteiger partial charge is 0.295 e. The van der Waals surface area contributed by atoms with Gasteiger partial charge in [0, 0.05) is 12.4 Å². The van der Waals surface area contributed by atoms with Gasteiger partial charge in [0.25, 0.3) is 0 Å². The van der Waals surface area contributed by atoms with Gasteiger partial charge in [0.15, 0.2) is 0 Å². The van der Waals surface area contributed by atoms with Crippen LogP contribution in [0, 0.1) is 0 Å². The van der Waals surface area contributed by atoms with Crippen LogP contribution in [0.1, 0.15) is 5.56 Å². The Balaban J connectivity index is 1.66. The molecule has 1 heterocycles. The van der Waals surface area contributed by atoms with Crippen molar-refractivity contribution in [1.29, 1.82) is 0 Å². The molecule has 0 bridgehead atoms. The SMILES string of the molecule is O=C(Cc1ccc2ccccc2c1)NNc1c(Cl)cncc1Cl. The second kappa shape index (κ2) is 6.86. The number of carbonyl (C=O) groups excluding carboxylic acids is 1. The summed E-state index contributed by atoms with van der Waals surface area (Å²) < 4.78 is 0. The van der Waals surface area contributed by atoms with Crippen molar-refractivity contribution in [2.24, 2.45) is 0 Å². The Morgan fingerprint density at radius 2 is 1.70 bits per heavy atom. The number of aromatic nitrogens is 1. The van der Waals surface area contributed by atoms with Crippen molar-refractivity contribution in [3.05, 3.63) is 70.5 Å². The number of fused-ring (bicyclic) bond motifs is 1. The first-order valence-electron chi connectivity index (χ1n) is 6.95. The van der Waals surface area contributed by atoms with Crippen molar-refractivity contribution in [3.8, 4) is 0 Å². The maximum Gasteiger partial charge on any atom is 0.242 e. The fraction of sp³-hybridized carbons (Fsp3) is 0.0588. The third-order valence-electron chi connectivity index (χ3n) is 3.36. The van der Waals surface area contributed by atoms with Crippen LogP contribution in [-0.2, 0) is 11.2 Å². The Kier molecular flexibility index (Phi) is 4.65. The van der Waals surface area contributed by atoms with E-state index in [-0.39, 0.29) is 12.3 Å². The number of nitrogens with zero attached hydrogens (tertiary/aromatic N) is 1. The molecular formula is C17H13Cl2N3O. The highest BCUT2D eigenvalue weighted by molar-refractivity contribution is 6.38. The predicted octanol–water partition coefficient (Wildman–Crippen LogP) is 4.23. The normalized spacial score (nSPS) is 10.5. The number of hydrogen-bond donors (Lipinski definition) is 2. The number of hydrogen-bond acceptors (Lipinski definition) is 3. The van der Waals surface area contributed by atoms with E-state index in [9.17, 15) is 4.79 Å². The molecule has 0 radical (unpaired) electrons. The van der Waals surface area contributed by atoms with E-state index in [1.807, 2.05) is 42.5 Å². The van der Waals surface area contributed by atoms with Gasteiger partial charge in [-0.15, -0.1) is 0 Å². The Morgan fingerprint density at radius 1 is 1.00 bits per heavy atom. The molecule has 2 N–H and O–H groups in total. The third-order valence-corrected chi connectivity index (χ3v) is 3.93. The topological polar surface area (TPSA) is 54.0 Å². The van der Waals surface area contributed by atoms with Gasteiger partial charge >= 0.3 is 0 Å². The summed E-state index contributed by atoms with van der Waals surface area (Å²) in [5, 5.41) is 2.92. The van der Waals surface area contributed by atoms with Gasteiger partial charge < -0.3 is 0 Å². The van der Waals surface area contributed by atoms with Crippen LogP contribution in [0.15, 0.2) is 54.9 Å². The highest BCUT2D eigenvalue weighted by Crippen LogP contribution is 2.27. The van der Waals surface area contributed by atoms with Crippen molar-refractivity contribution in [2.45, 2.75) is 6.42 Å². The lowest BCUT2D eigenvalue weighted by molar-refractivity contribution is -0.119. The van der Waals surface area contributed by atoms with Crippen molar-refractivity contribution in [3.63, 3.8) is 0 Å². The van der Waals surface area contributed by atoms with Crippen LogP contribution in [0.3, 0.4) is 0 Å². The van der Waals surface area contributed by atoms with Crippen LogP contribution < -0.4 is 10.9 Å². The predicted molar refractivity (Wildman–Crippen MR) is 93.7 cm³/mol. The van der Waals surface area contributed by atoms with Crippen LogP contribution in [0.2, 0.25) is 10.0 Å². The number of benzene rings is 2. The zero-order valence-corrected chi connectivity index (χ0v) is 13.5. The zero-order valence-electron chi connectivity index (χ0n) is 12.0. The van der Waals surface area contributed by atoms with Gasteiger partial charge in [0.1, 0.15) is 0 Å². The van der Waals surface area contributed by atoms with Crippen LogP contribution in [0.5, 0.6) is 0 Å². The van der Waals surface area contributed by atoms with Gasteiger partial charge in [-0.2, -0.15) is 0 Å². The highest BCUT2D eigenvalue weighted by atomic mass is 35.5. The summed E-state index contributed by atoms with van der Waals surface area (Å²) in [5.41, 5.74) is 6.68. The van der Waals surface area contributed by atoms with E-state index in [2.05, 4.69) is 15.8 Å². The number of rotatable bonds is 4. The molecular weight excluding hydrogens is 333 g/mol. The first-order chi connectivity index (χ1) is 11.1. The molecule has 0 saturated heterocycles. The number of anilines is 1. The van der Waals surface area contributed by atoms with Gasteiger partial charge in [-0.05, 0) is 16.3 Å². The molecule has 1 aromatic heterocycles. The highest BCUT2D eigenvalue weighted by Gasteiger charge is 2.08. The monoisotopic (exact) mass is 345 g/mol. The smallest absolute Gasteiger partial charge is 0.242 e. The fourth-order valence-electron chi connectivity index (χ4n) is 2.24. The molecule has 0 aliphatic carbocycles. The van der Waals surface area contributed by atoms with Crippen molar-refractivity contribution < 1.29 is 4.79 Å². The van der Waals surface area contributed by atoms with Crippen LogP contribution in [-0.4, -0.2) is 10.9 Å². The third kappa shape index (κ3) is 3.73. The first-order valence-corrected chi connectivity index (χ1v) is 7.70. The van der Waals surface area contributed by atoms with Crippen LogP contribution in [0.4, 0.5) is 5.69 Å². The number of pyridine rings is 1. The number of hydrazine groups is 1. The summed E-state index contributed by atoms with van der Waals surface area (Å²) in [7, 11) is 0. The molecule has 4 nitrogen and oxygen atoms in total. The minimum absolute atomic E-state index is 0.191.